The summed E-state index contributed by atoms with van der Waals surface area (Å²) in [6, 6.07) is 1.96. The first-order chi connectivity index (χ1) is 7.22. The molecule has 5 nitrogen and oxygen atoms in total. The van der Waals surface area contributed by atoms with Crippen molar-refractivity contribution in [1.29, 1.82) is 0 Å². The van der Waals surface area contributed by atoms with E-state index < -0.39 is 0 Å². The van der Waals surface area contributed by atoms with Crippen molar-refractivity contribution in [2.45, 2.75) is 25.5 Å². The van der Waals surface area contributed by atoms with Gasteiger partial charge in [-0.3, -0.25) is 10.5 Å². The number of hydrogen-bond acceptors (Lipinski definition) is 4. The predicted octanol–water partition coefficient (Wildman–Crippen LogP) is 0.349. The zero-order chi connectivity index (χ0) is 10.8. The summed E-state index contributed by atoms with van der Waals surface area (Å²) in [5, 5.41) is 4.36. The lowest BCUT2D eigenvalue weighted by Crippen LogP contribution is -2.39. The first-order valence-electron chi connectivity index (χ1n) is 5.29. The molecule has 1 saturated heterocycles. The predicted molar refractivity (Wildman–Crippen MR) is 56.8 cm³/mol. The second-order valence-electron chi connectivity index (χ2n) is 4.16. The largest absolute Gasteiger partial charge is 0.376 e. The van der Waals surface area contributed by atoms with Crippen LogP contribution in [-0.4, -0.2) is 22.5 Å². The van der Waals surface area contributed by atoms with Crippen molar-refractivity contribution in [3.05, 3.63) is 18.0 Å². The van der Waals surface area contributed by atoms with Crippen molar-refractivity contribution >= 4 is 0 Å². The van der Waals surface area contributed by atoms with Crippen LogP contribution >= 0.6 is 0 Å². The molecule has 0 bridgehead atoms. The highest BCUT2D eigenvalue weighted by atomic mass is 16.5. The van der Waals surface area contributed by atoms with Gasteiger partial charge in [0.05, 0.1) is 17.8 Å². The SMILES string of the molecule is CC1CCOC1C(NN)c1ccn(C)n1. The van der Waals surface area contributed by atoms with E-state index in [-0.39, 0.29) is 12.1 Å². The molecule has 5 heteroatoms. The second-order valence-corrected chi connectivity index (χ2v) is 4.16. The summed E-state index contributed by atoms with van der Waals surface area (Å²) < 4.78 is 7.47. The van der Waals surface area contributed by atoms with Crippen LogP contribution in [0.3, 0.4) is 0 Å². The monoisotopic (exact) mass is 210 g/mol. The molecule has 1 aliphatic rings. The number of nitrogens with one attached hydrogen (secondary N) is 1. The molecular formula is C10H18N4O. The van der Waals surface area contributed by atoms with Crippen molar-refractivity contribution in [3.63, 3.8) is 0 Å². The van der Waals surface area contributed by atoms with Gasteiger partial charge < -0.3 is 4.74 Å². The fourth-order valence-electron chi connectivity index (χ4n) is 2.09. The topological polar surface area (TPSA) is 65.1 Å². The van der Waals surface area contributed by atoms with Gasteiger partial charge in [-0.1, -0.05) is 6.92 Å². The number of aromatic nitrogens is 2. The molecule has 0 spiro atoms. The maximum Gasteiger partial charge on any atom is 0.0914 e. The van der Waals surface area contributed by atoms with Crippen LogP contribution in [0.2, 0.25) is 0 Å². The molecule has 84 valence electrons. The van der Waals surface area contributed by atoms with Gasteiger partial charge in [-0.15, -0.1) is 0 Å². The summed E-state index contributed by atoms with van der Waals surface area (Å²) in [6.07, 6.45) is 3.14. The Kier molecular flexibility index (Phi) is 3.04. The third-order valence-corrected chi connectivity index (χ3v) is 3.01. The van der Waals surface area contributed by atoms with E-state index in [4.69, 9.17) is 10.6 Å². The number of ether oxygens (including phenoxy) is 1. The molecule has 15 heavy (non-hydrogen) atoms. The quantitative estimate of drug-likeness (QED) is 0.558. The number of nitrogens with zero attached hydrogens (tertiary/aromatic N) is 2. The number of nitrogens with two attached hydrogens (primary N) is 1. The minimum Gasteiger partial charge on any atom is -0.376 e. The van der Waals surface area contributed by atoms with E-state index in [2.05, 4.69) is 17.4 Å². The Morgan fingerprint density at radius 3 is 3.00 bits per heavy atom. The van der Waals surface area contributed by atoms with Gasteiger partial charge in [-0.25, -0.2) is 5.43 Å². The first kappa shape index (κ1) is 10.6. The van der Waals surface area contributed by atoms with Crippen molar-refractivity contribution in [2.24, 2.45) is 18.8 Å². The molecule has 2 heterocycles. The summed E-state index contributed by atoms with van der Waals surface area (Å²) >= 11 is 0. The van der Waals surface area contributed by atoms with E-state index >= 15 is 0 Å². The van der Waals surface area contributed by atoms with Crippen LogP contribution in [0.4, 0.5) is 0 Å². The lowest BCUT2D eigenvalue weighted by atomic mass is 9.96. The van der Waals surface area contributed by atoms with E-state index in [1.54, 1.807) is 4.68 Å². The lowest BCUT2D eigenvalue weighted by Gasteiger charge is -2.23. The standard InChI is InChI=1S/C10H18N4O/c1-7-4-6-15-10(7)9(12-11)8-3-5-14(2)13-8/h3,5,7,9-10,12H,4,6,11H2,1-2H3. The van der Waals surface area contributed by atoms with Crippen LogP contribution < -0.4 is 11.3 Å². The summed E-state index contributed by atoms with van der Waals surface area (Å²) in [7, 11) is 1.90. The summed E-state index contributed by atoms with van der Waals surface area (Å²) in [4.78, 5) is 0. The van der Waals surface area contributed by atoms with Crippen LogP contribution in [0.5, 0.6) is 0 Å². The van der Waals surface area contributed by atoms with E-state index in [1.807, 2.05) is 19.3 Å². The molecule has 0 aromatic carbocycles. The number of hydrazine groups is 1. The maximum absolute atomic E-state index is 5.69. The molecule has 1 aliphatic heterocycles. The molecular weight excluding hydrogens is 192 g/mol. The van der Waals surface area contributed by atoms with Crippen LogP contribution in [0.15, 0.2) is 12.3 Å². The van der Waals surface area contributed by atoms with E-state index in [0.29, 0.717) is 5.92 Å². The van der Waals surface area contributed by atoms with Gasteiger partial charge in [0.2, 0.25) is 0 Å². The van der Waals surface area contributed by atoms with E-state index in [1.165, 1.54) is 0 Å². The normalized spacial score (nSPS) is 28.2. The van der Waals surface area contributed by atoms with Gasteiger partial charge in [-0.05, 0) is 18.4 Å². The Bertz CT molecular complexity index is 325. The van der Waals surface area contributed by atoms with Crippen molar-refractivity contribution in [2.75, 3.05) is 6.61 Å². The third-order valence-electron chi connectivity index (χ3n) is 3.01. The average Bonchev–Trinajstić information content (AvgIpc) is 2.79. The van der Waals surface area contributed by atoms with Crippen molar-refractivity contribution < 1.29 is 4.74 Å². The van der Waals surface area contributed by atoms with Crippen molar-refractivity contribution in [3.8, 4) is 0 Å². The molecule has 0 amide bonds. The molecule has 2 rings (SSSR count). The Hall–Kier alpha value is -0.910. The maximum atomic E-state index is 5.69. The molecule has 0 aliphatic carbocycles. The van der Waals surface area contributed by atoms with Crippen molar-refractivity contribution in [1.82, 2.24) is 15.2 Å². The van der Waals surface area contributed by atoms with Gasteiger partial charge in [0.25, 0.3) is 0 Å². The third kappa shape index (κ3) is 2.04. The molecule has 3 unspecified atom stereocenters. The van der Waals surface area contributed by atoms with E-state index in [9.17, 15) is 0 Å². The zero-order valence-corrected chi connectivity index (χ0v) is 9.18. The Balaban J connectivity index is 2.16. The van der Waals surface area contributed by atoms with E-state index in [0.717, 1.165) is 18.7 Å². The van der Waals surface area contributed by atoms with Gasteiger partial charge in [0.15, 0.2) is 0 Å². The number of hydrogen-bond donors (Lipinski definition) is 2. The number of aryl methyl sites for hydroxylation is 1. The summed E-state index contributed by atoms with van der Waals surface area (Å²) in [6.45, 7) is 3.00. The Morgan fingerprint density at radius 2 is 2.53 bits per heavy atom. The average molecular weight is 210 g/mol. The fourth-order valence-corrected chi connectivity index (χ4v) is 2.09. The second kappa shape index (κ2) is 4.30. The Morgan fingerprint density at radius 1 is 1.73 bits per heavy atom. The minimum atomic E-state index is -0.0105. The fraction of sp³-hybridized carbons (Fsp3) is 0.700. The van der Waals surface area contributed by atoms with Crippen LogP contribution in [0.25, 0.3) is 0 Å². The van der Waals surface area contributed by atoms with Gasteiger partial charge in [-0.2, -0.15) is 5.10 Å². The highest BCUT2D eigenvalue weighted by Gasteiger charge is 2.33. The molecule has 1 aromatic rings. The highest BCUT2D eigenvalue weighted by Crippen LogP contribution is 2.29. The first-order valence-corrected chi connectivity index (χ1v) is 5.29. The summed E-state index contributed by atoms with van der Waals surface area (Å²) in [5.74, 6) is 6.10. The minimum absolute atomic E-state index is 0.0105. The molecule has 3 N–H and O–H groups in total. The van der Waals surface area contributed by atoms with Gasteiger partial charge in [0.1, 0.15) is 0 Å². The van der Waals surface area contributed by atoms with Crippen LogP contribution in [-0.2, 0) is 11.8 Å². The Labute approximate surface area is 89.6 Å². The molecule has 0 saturated carbocycles. The molecule has 1 aromatic heterocycles. The lowest BCUT2D eigenvalue weighted by molar-refractivity contribution is 0.0593. The number of rotatable bonds is 3. The molecule has 3 atom stereocenters. The zero-order valence-electron chi connectivity index (χ0n) is 9.18. The van der Waals surface area contributed by atoms with Crippen LogP contribution in [0.1, 0.15) is 25.1 Å². The highest BCUT2D eigenvalue weighted by molar-refractivity contribution is 5.08. The van der Waals surface area contributed by atoms with Gasteiger partial charge >= 0.3 is 0 Å². The molecule has 0 radical (unpaired) electrons. The smallest absolute Gasteiger partial charge is 0.0914 e. The van der Waals surface area contributed by atoms with Gasteiger partial charge in [0, 0.05) is 19.9 Å². The summed E-state index contributed by atoms with van der Waals surface area (Å²) in [5.41, 5.74) is 3.75. The van der Waals surface area contributed by atoms with Crippen LogP contribution in [0, 0.1) is 5.92 Å². The molecule has 1 fully saturated rings.